The molecule has 0 aliphatic carbocycles. The summed E-state index contributed by atoms with van der Waals surface area (Å²) in [6.45, 7) is 3.44. The van der Waals surface area contributed by atoms with Gasteiger partial charge >= 0.3 is 0 Å². The third-order valence-electron chi connectivity index (χ3n) is 3.46. The van der Waals surface area contributed by atoms with E-state index in [0.29, 0.717) is 18.7 Å². The number of aryl methyl sites for hydroxylation is 1. The van der Waals surface area contributed by atoms with E-state index in [1.54, 1.807) is 6.07 Å². The fraction of sp³-hybridized carbons (Fsp3) is 0.316. The minimum Gasteiger partial charge on any atom is -0.491 e. The van der Waals surface area contributed by atoms with Crippen molar-refractivity contribution in [3.8, 4) is 11.8 Å². The molecule has 2 aromatic carbocycles. The number of likely N-dealkylation sites (N-methyl/N-ethyl adjacent to an activating group) is 1. The molecule has 120 valence electrons. The molecule has 0 aliphatic rings. The number of hydrogen-bond donors (Lipinski definition) is 1. The van der Waals surface area contributed by atoms with Crippen molar-refractivity contribution < 1.29 is 9.84 Å². The van der Waals surface area contributed by atoms with Crippen molar-refractivity contribution in [2.75, 3.05) is 20.2 Å². The van der Waals surface area contributed by atoms with Crippen LogP contribution < -0.4 is 4.74 Å². The van der Waals surface area contributed by atoms with Gasteiger partial charge in [-0.1, -0.05) is 24.3 Å². The molecular formula is C19H22N2O2. The highest BCUT2D eigenvalue weighted by Crippen LogP contribution is 2.13. The molecule has 0 fully saturated rings. The van der Waals surface area contributed by atoms with Crippen molar-refractivity contribution >= 4 is 0 Å². The molecule has 1 atom stereocenters. The maximum Gasteiger partial charge on any atom is 0.119 e. The topological polar surface area (TPSA) is 56.5 Å². The standard InChI is InChI=1S/C19H22N2O2/c1-15-5-3-8-19(9-15)23-14-18(22)13-21(2)12-17-7-4-6-16(10-17)11-20/h3-10,18,22H,12-14H2,1-2H3. The predicted octanol–water partition coefficient (Wildman–Crippen LogP) is 2.74. The maximum atomic E-state index is 10.1. The van der Waals surface area contributed by atoms with Crippen molar-refractivity contribution in [3.63, 3.8) is 0 Å². The van der Waals surface area contributed by atoms with Gasteiger partial charge in [-0.05, 0) is 49.4 Å². The third-order valence-corrected chi connectivity index (χ3v) is 3.46. The maximum absolute atomic E-state index is 10.1. The first-order valence-electron chi connectivity index (χ1n) is 7.62. The fourth-order valence-corrected chi connectivity index (χ4v) is 2.43. The van der Waals surface area contributed by atoms with Crippen LogP contribution in [0.3, 0.4) is 0 Å². The SMILES string of the molecule is Cc1cccc(OCC(O)CN(C)Cc2cccc(C#N)c2)c1. The van der Waals surface area contributed by atoms with Crippen molar-refractivity contribution in [1.29, 1.82) is 5.26 Å². The van der Waals surface area contributed by atoms with Gasteiger partial charge in [0.1, 0.15) is 18.5 Å². The van der Waals surface area contributed by atoms with Gasteiger partial charge in [0.25, 0.3) is 0 Å². The smallest absolute Gasteiger partial charge is 0.119 e. The number of rotatable bonds is 7. The number of nitrogens with zero attached hydrogens (tertiary/aromatic N) is 2. The van der Waals surface area contributed by atoms with Crippen LogP contribution in [-0.4, -0.2) is 36.3 Å². The zero-order valence-corrected chi connectivity index (χ0v) is 13.6. The van der Waals surface area contributed by atoms with E-state index >= 15 is 0 Å². The summed E-state index contributed by atoms with van der Waals surface area (Å²) >= 11 is 0. The number of hydrogen-bond acceptors (Lipinski definition) is 4. The molecule has 2 aromatic rings. The number of nitriles is 1. The number of ether oxygens (including phenoxy) is 1. The highest BCUT2D eigenvalue weighted by atomic mass is 16.5. The summed E-state index contributed by atoms with van der Waals surface area (Å²) in [6.07, 6.45) is -0.570. The Bertz CT molecular complexity index is 679. The molecule has 0 spiro atoms. The second kappa shape index (κ2) is 8.33. The van der Waals surface area contributed by atoms with Crippen LogP contribution in [0.25, 0.3) is 0 Å². The van der Waals surface area contributed by atoms with E-state index in [9.17, 15) is 5.11 Å². The van der Waals surface area contributed by atoms with Crippen LogP contribution >= 0.6 is 0 Å². The van der Waals surface area contributed by atoms with Crippen LogP contribution in [0.4, 0.5) is 0 Å². The second-order valence-electron chi connectivity index (χ2n) is 5.79. The van der Waals surface area contributed by atoms with Crippen molar-refractivity contribution in [1.82, 2.24) is 4.90 Å². The Kier molecular flexibility index (Phi) is 6.16. The van der Waals surface area contributed by atoms with Crippen LogP contribution in [-0.2, 0) is 6.54 Å². The van der Waals surface area contributed by atoms with Gasteiger partial charge in [0, 0.05) is 13.1 Å². The highest BCUT2D eigenvalue weighted by molar-refractivity contribution is 5.32. The van der Waals surface area contributed by atoms with Crippen molar-refractivity contribution in [2.45, 2.75) is 19.6 Å². The first kappa shape index (κ1) is 17.0. The lowest BCUT2D eigenvalue weighted by atomic mass is 10.1. The van der Waals surface area contributed by atoms with E-state index < -0.39 is 6.10 Å². The fourth-order valence-electron chi connectivity index (χ4n) is 2.43. The monoisotopic (exact) mass is 310 g/mol. The van der Waals surface area contributed by atoms with E-state index in [-0.39, 0.29) is 6.61 Å². The van der Waals surface area contributed by atoms with Crippen LogP contribution in [0.5, 0.6) is 5.75 Å². The second-order valence-corrected chi connectivity index (χ2v) is 5.79. The number of benzene rings is 2. The normalized spacial score (nSPS) is 12.0. The molecule has 4 nitrogen and oxygen atoms in total. The Morgan fingerprint density at radius 1 is 1.22 bits per heavy atom. The summed E-state index contributed by atoms with van der Waals surface area (Å²) in [4.78, 5) is 2.01. The molecule has 0 aliphatic heterocycles. The molecule has 0 saturated heterocycles. The minimum absolute atomic E-state index is 0.256. The lowest BCUT2D eigenvalue weighted by Gasteiger charge is -2.21. The first-order valence-corrected chi connectivity index (χ1v) is 7.62. The molecule has 2 rings (SSSR count). The quantitative estimate of drug-likeness (QED) is 0.854. The summed E-state index contributed by atoms with van der Waals surface area (Å²) in [5, 5.41) is 19.0. The lowest BCUT2D eigenvalue weighted by molar-refractivity contribution is 0.0744. The van der Waals surface area contributed by atoms with Gasteiger partial charge in [0.15, 0.2) is 0 Å². The average molecular weight is 310 g/mol. The van der Waals surface area contributed by atoms with E-state index in [0.717, 1.165) is 16.9 Å². The van der Waals surface area contributed by atoms with E-state index in [1.165, 1.54) is 0 Å². The zero-order valence-electron chi connectivity index (χ0n) is 13.6. The van der Waals surface area contributed by atoms with Crippen molar-refractivity contribution in [3.05, 3.63) is 65.2 Å². The molecule has 0 amide bonds. The number of aliphatic hydroxyl groups is 1. The first-order chi connectivity index (χ1) is 11.1. The molecule has 0 aromatic heterocycles. The van der Waals surface area contributed by atoms with Crippen LogP contribution in [0.1, 0.15) is 16.7 Å². The van der Waals surface area contributed by atoms with Gasteiger partial charge in [0.2, 0.25) is 0 Å². The summed E-state index contributed by atoms with van der Waals surface area (Å²) in [5.74, 6) is 0.772. The molecule has 0 bridgehead atoms. The van der Waals surface area contributed by atoms with Gasteiger partial charge in [-0.3, -0.25) is 4.90 Å². The van der Waals surface area contributed by atoms with E-state index in [2.05, 4.69) is 6.07 Å². The van der Waals surface area contributed by atoms with E-state index in [1.807, 2.05) is 61.3 Å². The Morgan fingerprint density at radius 3 is 2.74 bits per heavy atom. The Labute approximate surface area is 137 Å². The molecule has 4 heteroatoms. The van der Waals surface area contributed by atoms with Crippen LogP contribution in [0.15, 0.2) is 48.5 Å². The van der Waals surface area contributed by atoms with Gasteiger partial charge in [-0.2, -0.15) is 5.26 Å². The highest BCUT2D eigenvalue weighted by Gasteiger charge is 2.10. The van der Waals surface area contributed by atoms with Gasteiger partial charge in [0.05, 0.1) is 11.6 Å². The molecule has 1 unspecified atom stereocenters. The Hall–Kier alpha value is -2.35. The Balaban J connectivity index is 1.80. The number of aliphatic hydroxyl groups excluding tert-OH is 1. The Morgan fingerprint density at radius 2 is 2.00 bits per heavy atom. The van der Waals surface area contributed by atoms with Gasteiger partial charge < -0.3 is 9.84 Å². The molecule has 0 heterocycles. The van der Waals surface area contributed by atoms with E-state index in [4.69, 9.17) is 10.00 Å². The zero-order chi connectivity index (χ0) is 16.7. The van der Waals surface area contributed by atoms with Gasteiger partial charge in [-0.15, -0.1) is 0 Å². The lowest BCUT2D eigenvalue weighted by Crippen LogP contribution is -2.32. The van der Waals surface area contributed by atoms with Crippen molar-refractivity contribution in [2.24, 2.45) is 0 Å². The summed E-state index contributed by atoms with van der Waals surface area (Å²) < 4.78 is 5.62. The summed E-state index contributed by atoms with van der Waals surface area (Å²) in [7, 11) is 1.94. The molecule has 23 heavy (non-hydrogen) atoms. The largest absolute Gasteiger partial charge is 0.491 e. The van der Waals surface area contributed by atoms with Crippen LogP contribution in [0.2, 0.25) is 0 Å². The molecule has 0 saturated carbocycles. The molecular weight excluding hydrogens is 288 g/mol. The third kappa shape index (κ3) is 5.74. The average Bonchev–Trinajstić information content (AvgIpc) is 2.53. The summed E-state index contributed by atoms with van der Waals surface area (Å²) in [6, 6.07) is 17.4. The molecule has 1 N–H and O–H groups in total. The van der Waals surface area contributed by atoms with Crippen LogP contribution in [0, 0.1) is 18.3 Å². The van der Waals surface area contributed by atoms with Gasteiger partial charge in [-0.25, -0.2) is 0 Å². The summed E-state index contributed by atoms with van der Waals surface area (Å²) in [5.41, 5.74) is 2.84. The molecule has 0 radical (unpaired) electrons. The minimum atomic E-state index is -0.570. The predicted molar refractivity (Wildman–Crippen MR) is 90.2 cm³/mol.